The van der Waals surface area contributed by atoms with Crippen molar-refractivity contribution in [3.8, 4) is 22.6 Å². The van der Waals surface area contributed by atoms with Gasteiger partial charge in [-0.2, -0.15) is 9.78 Å². The zero-order valence-electron chi connectivity index (χ0n) is 16.3. The Labute approximate surface area is 187 Å². The summed E-state index contributed by atoms with van der Waals surface area (Å²) in [6.07, 6.45) is 1.21. The minimum atomic E-state index is -1.71. The summed E-state index contributed by atoms with van der Waals surface area (Å²) < 4.78 is 44.4. The van der Waals surface area contributed by atoms with Crippen molar-refractivity contribution < 1.29 is 18.1 Å². The molecule has 0 radical (unpaired) electrons. The van der Waals surface area contributed by atoms with Gasteiger partial charge in [-0.15, -0.1) is 0 Å². The van der Waals surface area contributed by atoms with E-state index in [1.807, 2.05) is 0 Å². The Hall–Kier alpha value is -4.18. The Morgan fingerprint density at radius 1 is 1.00 bits per heavy atom. The van der Waals surface area contributed by atoms with Crippen LogP contribution in [-0.4, -0.2) is 19.3 Å². The summed E-state index contributed by atoms with van der Waals surface area (Å²) in [5, 5.41) is 15.6. The molecule has 0 saturated carbocycles. The summed E-state index contributed by atoms with van der Waals surface area (Å²) >= 11 is 6.07. The van der Waals surface area contributed by atoms with Crippen LogP contribution in [0.1, 0.15) is 0 Å². The fraction of sp³-hybridized carbons (Fsp3) is 0. The van der Waals surface area contributed by atoms with Gasteiger partial charge in [0, 0.05) is 17.6 Å². The molecular weight excluding hydrogens is 461 g/mol. The summed E-state index contributed by atoms with van der Waals surface area (Å²) in [4.78, 5) is 23.9. The highest BCUT2D eigenvalue weighted by Gasteiger charge is 2.26. The normalized spacial score (nSPS) is 11.4. The highest BCUT2D eigenvalue weighted by molar-refractivity contribution is 6.33. The van der Waals surface area contributed by atoms with Gasteiger partial charge < -0.3 is 4.57 Å². The van der Waals surface area contributed by atoms with Gasteiger partial charge in [0.2, 0.25) is 0 Å². The number of halogens is 4. The minimum Gasteiger partial charge on any atom is -0.313 e. The van der Waals surface area contributed by atoms with Crippen LogP contribution < -0.4 is 5.56 Å². The van der Waals surface area contributed by atoms with E-state index >= 15 is 0 Å². The Morgan fingerprint density at radius 3 is 2.42 bits per heavy atom. The van der Waals surface area contributed by atoms with Gasteiger partial charge in [-0.05, 0) is 30.3 Å². The number of nitro benzene ring substituents is 1. The number of hydrogen-bond donors (Lipinski definition) is 0. The number of benzene rings is 3. The number of fused-ring (bicyclic) bond motifs is 3. The molecule has 0 aliphatic carbocycles. The molecule has 7 nitrogen and oxygen atoms in total. The van der Waals surface area contributed by atoms with Crippen LogP contribution in [0.15, 0.2) is 65.6 Å². The second-order valence-electron chi connectivity index (χ2n) is 7.09. The molecule has 3 aromatic carbocycles. The zero-order valence-corrected chi connectivity index (χ0v) is 17.1. The first-order valence-electron chi connectivity index (χ1n) is 9.39. The Balaban J connectivity index is 1.95. The Bertz CT molecular complexity index is 1620. The molecule has 0 fully saturated rings. The second-order valence-corrected chi connectivity index (χ2v) is 7.49. The molecule has 0 aromatic heterocycles. The second kappa shape index (κ2) is 7.45. The lowest BCUT2D eigenvalue weighted by atomic mass is 10.1. The molecule has 0 bridgehead atoms. The maximum Gasteiger partial charge on any atom is 0.288 e. The minimum absolute atomic E-state index is 0.0212. The molecular formula is C22H10ClF3N4O3. The van der Waals surface area contributed by atoms with Crippen molar-refractivity contribution >= 4 is 28.2 Å². The summed E-state index contributed by atoms with van der Waals surface area (Å²) in [7, 11) is 0. The molecule has 2 heterocycles. The smallest absolute Gasteiger partial charge is 0.288 e. The maximum absolute atomic E-state index is 14.7. The van der Waals surface area contributed by atoms with Gasteiger partial charge in [0.05, 0.1) is 27.4 Å². The van der Waals surface area contributed by atoms with Gasteiger partial charge in [0.15, 0.2) is 17.5 Å². The van der Waals surface area contributed by atoms with Crippen molar-refractivity contribution in [2.24, 2.45) is 0 Å². The lowest BCUT2D eigenvalue weighted by Gasteiger charge is -2.15. The molecule has 3 aromatic rings. The molecule has 0 unspecified atom stereocenters. The molecule has 0 atom stereocenters. The predicted molar refractivity (Wildman–Crippen MR) is 115 cm³/mol. The lowest BCUT2D eigenvalue weighted by molar-refractivity contribution is -0.384. The van der Waals surface area contributed by atoms with E-state index in [9.17, 15) is 28.1 Å². The SMILES string of the molecule is O=c1c2cn(-c3ccc(F)c(F)c3F)c3cc(Cl)c([N+](=O)[O-])cc3c-2nn1-c1ccccc1. The van der Waals surface area contributed by atoms with Crippen molar-refractivity contribution in [1.29, 1.82) is 0 Å². The van der Waals surface area contributed by atoms with Crippen LogP contribution >= 0.6 is 11.6 Å². The molecule has 2 aliphatic heterocycles. The first-order chi connectivity index (χ1) is 15.8. The number of nitro groups is 1. The summed E-state index contributed by atoms with van der Waals surface area (Å²) in [6, 6.07) is 12.4. The van der Waals surface area contributed by atoms with Gasteiger partial charge in [-0.25, -0.2) is 13.2 Å². The van der Waals surface area contributed by atoms with Crippen molar-refractivity contribution in [3.05, 3.63) is 104 Å². The van der Waals surface area contributed by atoms with Crippen LogP contribution in [-0.2, 0) is 0 Å². The van der Waals surface area contributed by atoms with Gasteiger partial charge in [-0.3, -0.25) is 14.9 Å². The summed E-state index contributed by atoms with van der Waals surface area (Å²) in [6.45, 7) is 0. The van der Waals surface area contributed by atoms with Crippen molar-refractivity contribution in [2.45, 2.75) is 0 Å². The van der Waals surface area contributed by atoms with Gasteiger partial charge in [0.1, 0.15) is 10.7 Å². The van der Waals surface area contributed by atoms with Crippen molar-refractivity contribution in [3.63, 3.8) is 0 Å². The Kier molecular flexibility index (Phi) is 4.68. The van der Waals surface area contributed by atoms with Crippen LogP contribution in [0.4, 0.5) is 18.9 Å². The fourth-order valence-corrected chi connectivity index (χ4v) is 3.88. The van der Waals surface area contributed by atoms with E-state index in [4.69, 9.17) is 11.6 Å². The van der Waals surface area contributed by atoms with E-state index in [1.54, 1.807) is 30.3 Å². The van der Waals surface area contributed by atoms with Crippen molar-refractivity contribution in [1.82, 2.24) is 14.3 Å². The summed E-state index contributed by atoms with van der Waals surface area (Å²) in [5.41, 5.74) is -0.868. The van der Waals surface area contributed by atoms with Gasteiger partial charge in [-0.1, -0.05) is 29.8 Å². The van der Waals surface area contributed by atoms with Crippen LogP contribution in [0.5, 0.6) is 0 Å². The largest absolute Gasteiger partial charge is 0.313 e. The monoisotopic (exact) mass is 470 g/mol. The maximum atomic E-state index is 14.7. The summed E-state index contributed by atoms with van der Waals surface area (Å²) in [5.74, 6) is -4.60. The standard InChI is InChI=1S/C22H10ClF3N4O3/c23-14-9-17-12(8-18(14)30(32)33)21-13(22(31)29(27-21)11-4-2-1-3-5-11)10-28(17)16-7-6-15(24)19(25)20(16)26/h1-10H. The quantitative estimate of drug-likeness (QED) is 0.204. The van der Waals surface area contributed by atoms with Crippen LogP contribution in [0.25, 0.3) is 33.5 Å². The van der Waals surface area contributed by atoms with E-state index in [-0.39, 0.29) is 27.2 Å². The third-order valence-corrected chi connectivity index (χ3v) is 5.49. The molecule has 5 rings (SSSR count). The van der Waals surface area contributed by atoms with E-state index in [2.05, 4.69) is 5.10 Å². The number of para-hydroxylation sites is 1. The number of pyridine rings is 1. The van der Waals surface area contributed by atoms with E-state index in [1.165, 1.54) is 12.3 Å². The predicted octanol–water partition coefficient (Wildman–Crippen LogP) is 5.26. The average molecular weight is 471 g/mol. The van der Waals surface area contributed by atoms with Crippen LogP contribution in [0, 0.1) is 27.6 Å². The number of rotatable bonds is 3. The molecule has 11 heteroatoms. The van der Waals surface area contributed by atoms with Crippen LogP contribution in [0.2, 0.25) is 5.02 Å². The third-order valence-electron chi connectivity index (χ3n) is 5.19. The first kappa shape index (κ1) is 20.7. The van der Waals surface area contributed by atoms with E-state index < -0.39 is 39.3 Å². The van der Waals surface area contributed by atoms with E-state index in [0.717, 1.165) is 27.4 Å². The zero-order chi connectivity index (χ0) is 23.4. The van der Waals surface area contributed by atoms with Crippen molar-refractivity contribution in [2.75, 3.05) is 0 Å². The molecule has 33 heavy (non-hydrogen) atoms. The average Bonchev–Trinajstić information content (AvgIpc) is 3.13. The fourth-order valence-electron chi connectivity index (χ4n) is 3.65. The molecule has 2 aliphatic rings. The molecule has 0 saturated heterocycles. The highest BCUT2D eigenvalue weighted by atomic mass is 35.5. The molecule has 164 valence electrons. The van der Waals surface area contributed by atoms with Crippen LogP contribution in [0.3, 0.4) is 0 Å². The first-order valence-corrected chi connectivity index (χ1v) is 9.77. The Morgan fingerprint density at radius 2 is 1.73 bits per heavy atom. The molecule has 0 spiro atoms. The third kappa shape index (κ3) is 3.14. The number of nitrogens with zero attached hydrogens (tertiary/aromatic N) is 4. The van der Waals surface area contributed by atoms with E-state index in [0.29, 0.717) is 5.69 Å². The highest BCUT2D eigenvalue weighted by Crippen LogP contribution is 2.37. The lowest BCUT2D eigenvalue weighted by Crippen LogP contribution is -2.15. The number of hydrogen-bond acceptors (Lipinski definition) is 4. The molecule has 0 amide bonds. The van der Waals surface area contributed by atoms with Gasteiger partial charge in [0.25, 0.3) is 11.2 Å². The van der Waals surface area contributed by atoms with Gasteiger partial charge >= 0.3 is 0 Å². The molecule has 0 N–H and O–H groups in total. The topological polar surface area (TPSA) is 83.0 Å². The number of aromatic nitrogens is 3.